The van der Waals surface area contributed by atoms with E-state index in [1.165, 1.54) is 0 Å². The second-order valence-corrected chi connectivity index (χ2v) is 5.02. The normalized spacial score (nSPS) is 12.4. The van der Waals surface area contributed by atoms with Gasteiger partial charge < -0.3 is 9.26 Å². The van der Waals surface area contributed by atoms with Gasteiger partial charge in [-0.05, 0) is 25.0 Å². The van der Waals surface area contributed by atoms with Crippen molar-refractivity contribution < 1.29 is 14.1 Å². The minimum Gasteiger partial charge on any atom is -0.497 e. The summed E-state index contributed by atoms with van der Waals surface area (Å²) < 4.78 is 10.4. The van der Waals surface area contributed by atoms with Gasteiger partial charge in [0.2, 0.25) is 11.7 Å². The van der Waals surface area contributed by atoms with Gasteiger partial charge in [0.05, 0.1) is 13.0 Å². The van der Waals surface area contributed by atoms with Gasteiger partial charge in [0.1, 0.15) is 11.5 Å². The maximum atomic E-state index is 11.7. The van der Waals surface area contributed by atoms with Crippen LogP contribution in [0.15, 0.2) is 28.8 Å². The molecule has 0 aliphatic carbocycles. The van der Waals surface area contributed by atoms with Crippen molar-refractivity contribution in [3.63, 3.8) is 0 Å². The van der Waals surface area contributed by atoms with Crippen LogP contribution in [0.3, 0.4) is 0 Å². The predicted octanol–water partition coefficient (Wildman–Crippen LogP) is 3.07. The van der Waals surface area contributed by atoms with E-state index in [-0.39, 0.29) is 17.6 Å². The lowest BCUT2D eigenvalue weighted by Crippen LogP contribution is -2.15. The number of benzene rings is 1. The number of aromatic nitrogens is 2. The van der Waals surface area contributed by atoms with Crippen LogP contribution in [-0.4, -0.2) is 23.0 Å². The zero-order chi connectivity index (χ0) is 14.7. The Hall–Kier alpha value is -2.17. The predicted molar refractivity (Wildman–Crippen MR) is 74.5 cm³/mol. The minimum absolute atomic E-state index is 0.0286. The maximum Gasteiger partial charge on any atom is 0.237 e. The highest BCUT2D eigenvalue weighted by Crippen LogP contribution is 2.27. The zero-order valence-corrected chi connectivity index (χ0v) is 12.1. The van der Waals surface area contributed by atoms with E-state index in [0.717, 1.165) is 11.3 Å². The number of nitrogens with zero attached hydrogens (tertiary/aromatic N) is 2. The standard InChI is InChI=1S/C15H18N2O3/c1-9(2)13(10(3)18)15-16-14(17-20-15)11-6-5-7-12(8-11)19-4/h5-9,13H,1-4H3. The second-order valence-electron chi connectivity index (χ2n) is 5.02. The molecule has 0 amide bonds. The average Bonchev–Trinajstić information content (AvgIpc) is 2.87. The molecule has 1 aromatic carbocycles. The van der Waals surface area contributed by atoms with Crippen LogP contribution < -0.4 is 4.74 Å². The van der Waals surface area contributed by atoms with Gasteiger partial charge in [0.25, 0.3) is 0 Å². The Morgan fingerprint density at radius 2 is 2.10 bits per heavy atom. The van der Waals surface area contributed by atoms with Crippen LogP contribution in [0.2, 0.25) is 0 Å². The third kappa shape index (κ3) is 2.87. The van der Waals surface area contributed by atoms with Crippen LogP contribution >= 0.6 is 0 Å². The molecule has 0 bridgehead atoms. The van der Waals surface area contributed by atoms with E-state index in [0.29, 0.717) is 11.7 Å². The molecule has 2 rings (SSSR count). The average molecular weight is 274 g/mol. The molecule has 1 aromatic heterocycles. The molecule has 0 saturated heterocycles. The van der Waals surface area contributed by atoms with Gasteiger partial charge >= 0.3 is 0 Å². The molecule has 0 spiro atoms. The molecule has 0 saturated carbocycles. The third-order valence-corrected chi connectivity index (χ3v) is 3.14. The Labute approximate surface area is 118 Å². The fourth-order valence-electron chi connectivity index (χ4n) is 2.17. The fourth-order valence-corrected chi connectivity index (χ4v) is 2.17. The monoisotopic (exact) mass is 274 g/mol. The Balaban J connectivity index is 2.34. The number of rotatable bonds is 5. The summed E-state index contributed by atoms with van der Waals surface area (Å²) in [6, 6.07) is 7.40. The lowest BCUT2D eigenvalue weighted by Gasteiger charge is -2.12. The maximum absolute atomic E-state index is 11.7. The quantitative estimate of drug-likeness (QED) is 0.838. The second kappa shape index (κ2) is 5.86. The molecule has 0 aliphatic heterocycles. The third-order valence-electron chi connectivity index (χ3n) is 3.14. The number of carbonyl (C=O) groups excluding carboxylic acids is 1. The summed E-state index contributed by atoms with van der Waals surface area (Å²) in [5.41, 5.74) is 0.797. The summed E-state index contributed by atoms with van der Waals surface area (Å²) in [7, 11) is 1.60. The Morgan fingerprint density at radius 1 is 1.35 bits per heavy atom. The van der Waals surface area contributed by atoms with Crippen LogP contribution in [0.4, 0.5) is 0 Å². The summed E-state index contributed by atoms with van der Waals surface area (Å²) in [4.78, 5) is 16.0. The van der Waals surface area contributed by atoms with E-state index in [1.807, 2.05) is 38.1 Å². The molecule has 106 valence electrons. The van der Waals surface area contributed by atoms with Crippen molar-refractivity contribution in [2.24, 2.45) is 5.92 Å². The van der Waals surface area contributed by atoms with Crippen LogP contribution in [0, 0.1) is 5.92 Å². The molecular formula is C15H18N2O3. The van der Waals surface area contributed by atoms with Crippen molar-refractivity contribution in [3.05, 3.63) is 30.2 Å². The smallest absolute Gasteiger partial charge is 0.237 e. The first-order valence-electron chi connectivity index (χ1n) is 6.51. The highest BCUT2D eigenvalue weighted by Gasteiger charge is 2.27. The van der Waals surface area contributed by atoms with Crippen molar-refractivity contribution in [2.45, 2.75) is 26.7 Å². The van der Waals surface area contributed by atoms with Gasteiger partial charge in [0.15, 0.2) is 0 Å². The Morgan fingerprint density at radius 3 is 2.70 bits per heavy atom. The molecule has 0 radical (unpaired) electrons. The SMILES string of the molecule is COc1cccc(-c2noc(C(C(C)=O)C(C)C)n2)c1. The molecule has 0 N–H and O–H groups in total. The summed E-state index contributed by atoms with van der Waals surface area (Å²) in [6.45, 7) is 5.46. The molecule has 1 heterocycles. The number of Topliss-reactive ketones (excluding diaryl/α,β-unsaturated/α-hetero) is 1. The first-order chi connectivity index (χ1) is 9.52. The van der Waals surface area contributed by atoms with Gasteiger partial charge in [0, 0.05) is 5.56 Å². The van der Waals surface area contributed by atoms with Crippen LogP contribution in [0.5, 0.6) is 5.75 Å². The lowest BCUT2D eigenvalue weighted by atomic mass is 9.92. The molecule has 5 nitrogen and oxygen atoms in total. The van der Waals surface area contributed by atoms with Crippen molar-refractivity contribution >= 4 is 5.78 Å². The Kier molecular flexibility index (Phi) is 4.17. The van der Waals surface area contributed by atoms with Gasteiger partial charge in [-0.25, -0.2) is 0 Å². The largest absolute Gasteiger partial charge is 0.497 e. The van der Waals surface area contributed by atoms with Gasteiger partial charge in [-0.15, -0.1) is 0 Å². The molecule has 5 heteroatoms. The van der Waals surface area contributed by atoms with E-state index in [2.05, 4.69) is 10.1 Å². The number of ketones is 1. The van der Waals surface area contributed by atoms with E-state index in [1.54, 1.807) is 14.0 Å². The van der Waals surface area contributed by atoms with Gasteiger partial charge in [-0.3, -0.25) is 4.79 Å². The molecule has 2 aromatic rings. The lowest BCUT2D eigenvalue weighted by molar-refractivity contribution is -0.119. The van der Waals surface area contributed by atoms with E-state index < -0.39 is 0 Å². The summed E-state index contributed by atoms with van der Waals surface area (Å²) in [6.07, 6.45) is 0. The van der Waals surface area contributed by atoms with Crippen LogP contribution in [-0.2, 0) is 4.79 Å². The van der Waals surface area contributed by atoms with Crippen LogP contribution in [0.25, 0.3) is 11.4 Å². The first kappa shape index (κ1) is 14.2. The number of carbonyl (C=O) groups is 1. The molecule has 0 fully saturated rings. The van der Waals surface area contributed by atoms with Crippen molar-refractivity contribution in [1.29, 1.82) is 0 Å². The molecule has 1 atom stereocenters. The summed E-state index contributed by atoms with van der Waals surface area (Å²) in [5, 5.41) is 3.95. The van der Waals surface area contributed by atoms with Crippen molar-refractivity contribution in [2.75, 3.05) is 7.11 Å². The van der Waals surface area contributed by atoms with E-state index in [9.17, 15) is 4.79 Å². The summed E-state index contributed by atoms with van der Waals surface area (Å²) in [5.74, 6) is 1.34. The number of hydrogen-bond acceptors (Lipinski definition) is 5. The van der Waals surface area contributed by atoms with Crippen LogP contribution in [0.1, 0.15) is 32.6 Å². The number of methoxy groups -OCH3 is 1. The molecule has 20 heavy (non-hydrogen) atoms. The summed E-state index contributed by atoms with van der Waals surface area (Å²) >= 11 is 0. The highest BCUT2D eigenvalue weighted by atomic mass is 16.5. The zero-order valence-electron chi connectivity index (χ0n) is 12.1. The van der Waals surface area contributed by atoms with Crippen molar-refractivity contribution in [3.8, 4) is 17.1 Å². The molecule has 0 aliphatic rings. The topological polar surface area (TPSA) is 65.2 Å². The van der Waals surface area contributed by atoms with Gasteiger partial charge in [-0.1, -0.05) is 31.1 Å². The fraction of sp³-hybridized carbons (Fsp3) is 0.400. The minimum atomic E-state index is -0.359. The molecular weight excluding hydrogens is 256 g/mol. The highest BCUT2D eigenvalue weighted by molar-refractivity contribution is 5.82. The first-order valence-corrected chi connectivity index (χ1v) is 6.51. The van der Waals surface area contributed by atoms with Crippen molar-refractivity contribution in [1.82, 2.24) is 10.1 Å². The number of hydrogen-bond donors (Lipinski definition) is 0. The molecule has 1 unspecified atom stereocenters. The van der Waals surface area contributed by atoms with E-state index in [4.69, 9.17) is 9.26 Å². The Bertz CT molecular complexity index is 605. The van der Waals surface area contributed by atoms with Gasteiger partial charge in [-0.2, -0.15) is 4.98 Å². The number of ether oxygens (including phenoxy) is 1. The van der Waals surface area contributed by atoms with E-state index >= 15 is 0 Å².